The molecule has 0 aromatic heterocycles. The summed E-state index contributed by atoms with van der Waals surface area (Å²) in [5.74, 6) is 0.293. The zero-order chi connectivity index (χ0) is 16.8. The van der Waals surface area contributed by atoms with Gasteiger partial charge in [0.1, 0.15) is 11.3 Å². The molecule has 1 fully saturated rings. The Morgan fingerprint density at radius 1 is 1.39 bits per heavy atom. The summed E-state index contributed by atoms with van der Waals surface area (Å²) in [6, 6.07) is 5.29. The summed E-state index contributed by atoms with van der Waals surface area (Å²) in [6.07, 6.45) is 4.10. The number of ether oxygens (including phenoxy) is 2. The van der Waals surface area contributed by atoms with E-state index in [-0.39, 0.29) is 12.5 Å². The maximum Gasteiger partial charge on any atom is 0.342 e. The van der Waals surface area contributed by atoms with Crippen LogP contribution >= 0.6 is 11.8 Å². The van der Waals surface area contributed by atoms with Gasteiger partial charge in [-0.05, 0) is 43.2 Å². The fourth-order valence-electron chi connectivity index (χ4n) is 2.68. The topological polar surface area (TPSA) is 55.8 Å². The third-order valence-electron chi connectivity index (χ3n) is 3.97. The minimum Gasteiger partial charge on any atom is -0.496 e. The molecule has 1 aromatic carbocycles. The van der Waals surface area contributed by atoms with Gasteiger partial charge in [0.15, 0.2) is 6.61 Å². The number of amides is 1. The predicted octanol–water partition coefficient (Wildman–Crippen LogP) is 2.83. The number of carbonyl (C=O) groups excluding carboxylic acids is 2. The Morgan fingerprint density at radius 2 is 2.17 bits per heavy atom. The first kappa shape index (κ1) is 17.7. The van der Waals surface area contributed by atoms with Crippen LogP contribution in [0.2, 0.25) is 0 Å². The summed E-state index contributed by atoms with van der Waals surface area (Å²) < 4.78 is 10.4. The van der Waals surface area contributed by atoms with E-state index in [1.54, 1.807) is 28.8 Å². The second-order valence-electron chi connectivity index (χ2n) is 5.73. The molecule has 2 rings (SSSR count). The van der Waals surface area contributed by atoms with Crippen LogP contribution in [0.4, 0.5) is 0 Å². The number of nitrogens with zero attached hydrogens (tertiary/aromatic N) is 1. The number of hydrogen-bond donors (Lipinski definition) is 0. The van der Waals surface area contributed by atoms with Crippen LogP contribution in [0.1, 0.15) is 30.1 Å². The molecular formula is C17H23NO4S. The minimum absolute atomic E-state index is 0.135. The van der Waals surface area contributed by atoms with Crippen molar-refractivity contribution in [3.63, 3.8) is 0 Å². The van der Waals surface area contributed by atoms with Crippen molar-refractivity contribution >= 4 is 23.6 Å². The number of carbonyl (C=O) groups is 2. The molecule has 1 aliphatic rings. The molecule has 0 spiro atoms. The molecule has 0 N–H and O–H groups in total. The van der Waals surface area contributed by atoms with Crippen LogP contribution in [0.5, 0.6) is 5.75 Å². The zero-order valence-corrected chi connectivity index (χ0v) is 14.6. The lowest BCUT2D eigenvalue weighted by Crippen LogP contribution is -2.41. The van der Waals surface area contributed by atoms with Crippen molar-refractivity contribution in [3.8, 4) is 5.75 Å². The van der Waals surface area contributed by atoms with E-state index in [2.05, 4.69) is 6.92 Å². The average Bonchev–Trinajstić information content (AvgIpc) is 2.58. The molecule has 0 bridgehead atoms. The van der Waals surface area contributed by atoms with E-state index >= 15 is 0 Å². The average molecular weight is 337 g/mol. The van der Waals surface area contributed by atoms with Gasteiger partial charge in [0.2, 0.25) is 0 Å². The maximum atomic E-state index is 12.2. The molecule has 1 unspecified atom stereocenters. The monoisotopic (exact) mass is 337 g/mol. The molecule has 6 heteroatoms. The zero-order valence-electron chi connectivity index (χ0n) is 13.8. The highest BCUT2D eigenvalue weighted by Crippen LogP contribution is 2.26. The molecule has 23 heavy (non-hydrogen) atoms. The Balaban J connectivity index is 1.95. The number of methoxy groups -OCH3 is 1. The third-order valence-corrected chi connectivity index (χ3v) is 4.69. The molecule has 1 aliphatic heterocycles. The molecule has 5 nitrogen and oxygen atoms in total. The van der Waals surface area contributed by atoms with Crippen molar-refractivity contribution in [1.29, 1.82) is 0 Å². The largest absolute Gasteiger partial charge is 0.496 e. The summed E-state index contributed by atoms with van der Waals surface area (Å²) in [5, 5.41) is 0. The Kier molecular flexibility index (Phi) is 6.33. The van der Waals surface area contributed by atoms with Gasteiger partial charge >= 0.3 is 5.97 Å². The lowest BCUT2D eigenvalue weighted by molar-refractivity contribution is -0.136. The van der Waals surface area contributed by atoms with Crippen LogP contribution in [0.15, 0.2) is 23.1 Å². The Labute approximate surface area is 141 Å². The molecular weight excluding hydrogens is 314 g/mol. The van der Waals surface area contributed by atoms with Crippen molar-refractivity contribution in [2.75, 3.05) is 33.1 Å². The SMILES string of the molecule is COc1cc(SC)ccc1C(=O)OCC(=O)N1CCCC(C)C1. The fraction of sp³-hybridized carbons (Fsp3) is 0.529. The smallest absolute Gasteiger partial charge is 0.342 e. The number of piperidine rings is 1. The van der Waals surface area contributed by atoms with Crippen molar-refractivity contribution in [3.05, 3.63) is 23.8 Å². The lowest BCUT2D eigenvalue weighted by atomic mass is 10.0. The number of benzene rings is 1. The Morgan fingerprint density at radius 3 is 2.83 bits per heavy atom. The van der Waals surface area contributed by atoms with Crippen molar-refractivity contribution in [2.45, 2.75) is 24.7 Å². The molecule has 1 atom stereocenters. The summed E-state index contributed by atoms with van der Waals surface area (Å²) in [6.45, 7) is 3.39. The number of esters is 1. The van der Waals surface area contributed by atoms with E-state index in [0.29, 0.717) is 17.2 Å². The second kappa shape index (κ2) is 8.24. The van der Waals surface area contributed by atoms with Gasteiger partial charge in [-0.3, -0.25) is 4.79 Å². The highest BCUT2D eigenvalue weighted by molar-refractivity contribution is 7.98. The first-order chi connectivity index (χ1) is 11.0. The van der Waals surface area contributed by atoms with Gasteiger partial charge in [-0.1, -0.05) is 6.92 Å². The molecule has 1 aromatic rings. The summed E-state index contributed by atoms with van der Waals surface area (Å²) in [5.41, 5.74) is 0.338. The van der Waals surface area contributed by atoms with Crippen LogP contribution in [0, 0.1) is 5.92 Å². The summed E-state index contributed by atoms with van der Waals surface area (Å²) in [7, 11) is 1.51. The van der Waals surface area contributed by atoms with Gasteiger partial charge in [-0.2, -0.15) is 0 Å². The van der Waals surface area contributed by atoms with Gasteiger partial charge in [-0.25, -0.2) is 4.79 Å². The van der Waals surface area contributed by atoms with Gasteiger partial charge in [-0.15, -0.1) is 11.8 Å². The summed E-state index contributed by atoms with van der Waals surface area (Å²) >= 11 is 1.56. The van der Waals surface area contributed by atoms with Crippen LogP contribution in [0.25, 0.3) is 0 Å². The van der Waals surface area contributed by atoms with Gasteiger partial charge < -0.3 is 14.4 Å². The van der Waals surface area contributed by atoms with Crippen LogP contribution in [-0.2, 0) is 9.53 Å². The molecule has 126 valence electrons. The van der Waals surface area contributed by atoms with E-state index in [1.807, 2.05) is 12.3 Å². The van der Waals surface area contributed by atoms with Crippen LogP contribution in [0.3, 0.4) is 0 Å². The normalized spacial score (nSPS) is 17.7. The maximum absolute atomic E-state index is 12.2. The van der Waals surface area contributed by atoms with Gasteiger partial charge in [0.25, 0.3) is 5.91 Å². The van der Waals surface area contributed by atoms with E-state index in [1.165, 1.54) is 7.11 Å². The van der Waals surface area contributed by atoms with Crippen molar-refractivity contribution < 1.29 is 19.1 Å². The van der Waals surface area contributed by atoms with Gasteiger partial charge in [0, 0.05) is 18.0 Å². The highest BCUT2D eigenvalue weighted by Gasteiger charge is 2.22. The quantitative estimate of drug-likeness (QED) is 0.611. The highest BCUT2D eigenvalue weighted by atomic mass is 32.2. The minimum atomic E-state index is -0.534. The third kappa shape index (κ3) is 4.64. The van der Waals surface area contributed by atoms with Crippen LogP contribution in [-0.4, -0.2) is 49.8 Å². The van der Waals surface area contributed by atoms with E-state index in [9.17, 15) is 9.59 Å². The standard InChI is InChI=1S/C17H23NO4S/c1-12-5-4-8-18(10-12)16(19)11-22-17(20)14-7-6-13(23-3)9-15(14)21-2/h6-7,9,12H,4-5,8,10-11H2,1-3H3. The van der Waals surface area contributed by atoms with Crippen LogP contribution < -0.4 is 4.74 Å². The number of rotatable bonds is 5. The predicted molar refractivity (Wildman–Crippen MR) is 90.0 cm³/mol. The Hall–Kier alpha value is -1.69. The van der Waals surface area contributed by atoms with Crippen molar-refractivity contribution in [1.82, 2.24) is 4.90 Å². The van der Waals surface area contributed by atoms with Crippen molar-refractivity contribution in [2.24, 2.45) is 5.92 Å². The fourth-order valence-corrected chi connectivity index (χ4v) is 3.11. The molecule has 0 radical (unpaired) electrons. The first-order valence-corrected chi connectivity index (χ1v) is 8.94. The molecule has 0 saturated carbocycles. The van der Waals surface area contributed by atoms with E-state index < -0.39 is 5.97 Å². The second-order valence-corrected chi connectivity index (χ2v) is 6.61. The van der Waals surface area contributed by atoms with E-state index in [4.69, 9.17) is 9.47 Å². The molecule has 1 amide bonds. The Bertz CT molecular complexity index is 576. The summed E-state index contributed by atoms with van der Waals surface area (Å²) in [4.78, 5) is 27.1. The molecule has 0 aliphatic carbocycles. The number of hydrogen-bond acceptors (Lipinski definition) is 5. The molecule has 1 heterocycles. The lowest BCUT2D eigenvalue weighted by Gasteiger charge is -2.30. The van der Waals surface area contributed by atoms with E-state index in [0.717, 1.165) is 30.8 Å². The number of thioether (sulfide) groups is 1. The molecule has 1 saturated heterocycles. The number of likely N-dealkylation sites (tertiary alicyclic amines) is 1. The van der Waals surface area contributed by atoms with Gasteiger partial charge in [0.05, 0.1) is 7.11 Å². The first-order valence-electron chi connectivity index (χ1n) is 7.72.